The van der Waals surface area contributed by atoms with Gasteiger partial charge in [0.25, 0.3) is 0 Å². The first-order valence-electron chi connectivity index (χ1n) is 8.58. The first-order valence-corrected chi connectivity index (χ1v) is 11.0. The molecule has 1 N–H and O–H groups in total. The Morgan fingerprint density at radius 1 is 1.15 bits per heavy atom. The van der Waals surface area contributed by atoms with E-state index >= 15 is 0 Å². The molecule has 7 heteroatoms. The number of nitrogens with one attached hydrogen (secondary N) is 1. The SMILES string of the molecule is O=C(NCc1cccs1)C1CCN(S(=O)(=O)/C=C/c2ccccc2)CC1. The van der Waals surface area contributed by atoms with Gasteiger partial charge in [-0.3, -0.25) is 4.79 Å². The maximum Gasteiger partial charge on any atom is 0.236 e. The summed E-state index contributed by atoms with van der Waals surface area (Å²) in [5.74, 6) is -0.116. The average molecular weight is 391 g/mol. The summed E-state index contributed by atoms with van der Waals surface area (Å²) in [5.41, 5.74) is 0.846. The van der Waals surface area contributed by atoms with Crippen LogP contribution in [0.1, 0.15) is 23.3 Å². The van der Waals surface area contributed by atoms with Crippen LogP contribution in [0.2, 0.25) is 0 Å². The highest BCUT2D eigenvalue weighted by atomic mass is 32.2. The third kappa shape index (κ3) is 5.03. The lowest BCUT2D eigenvalue weighted by atomic mass is 9.97. The second-order valence-corrected chi connectivity index (χ2v) is 9.08. The third-order valence-electron chi connectivity index (χ3n) is 4.43. The van der Waals surface area contributed by atoms with Gasteiger partial charge in [-0.1, -0.05) is 36.4 Å². The summed E-state index contributed by atoms with van der Waals surface area (Å²) in [7, 11) is -3.46. The van der Waals surface area contributed by atoms with Gasteiger partial charge < -0.3 is 5.32 Å². The highest BCUT2D eigenvalue weighted by Gasteiger charge is 2.29. The number of amides is 1. The van der Waals surface area contributed by atoms with Crippen LogP contribution < -0.4 is 5.32 Å². The van der Waals surface area contributed by atoms with E-state index in [-0.39, 0.29) is 11.8 Å². The van der Waals surface area contributed by atoms with Crippen molar-refractivity contribution in [3.8, 4) is 0 Å². The zero-order valence-corrected chi connectivity index (χ0v) is 16.0. The van der Waals surface area contributed by atoms with Crippen molar-refractivity contribution in [2.45, 2.75) is 19.4 Å². The molecule has 0 aliphatic carbocycles. The number of hydrogen-bond acceptors (Lipinski definition) is 4. The van der Waals surface area contributed by atoms with Gasteiger partial charge in [0, 0.05) is 29.3 Å². The number of thiophene rings is 1. The minimum Gasteiger partial charge on any atom is -0.351 e. The Bertz CT molecular complexity index is 838. The van der Waals surface area contributed by atoms with E-state index in [1.54, 1.807) is 17.4 Å². The Hall–Kier alpha value is -1.96. The van der Waals surface area contributed by atoms with E-state index in [0.717, 1.165) is 10.4 Å². The largest absolute Gasteiger partial charge is 0.351 e. The van der Waals surface area contributed by atoms with Crippen LogP contribution in [0.5, 0.6) is 0 Å². The molecule has 1 amide bonds. The molecule has 138 valence electrons. The molecule has 1 aromatic heterocycles. The predicted octanol–water partition coefficient (Wildman–Crippen LogP) is 3.08. The number of benzene rings is 1. The molecule has 3 rings (SSSR count). The second kappa shape index (κ2) is 8.62. The molecule has 0 spiro atoms. The quantitative estimate of drug-likeness (QED) is 0.824. The molecule has 1 aromatic carbocycles. The molecule has 1 saturated heterocycles. The van der Waals surface area contributed by atoms with Gasteiger partial charge in [0.2, 0.25) is 15.9 Å². The number of carbonyl (C=O) groups is 1. The Morgan fingerprint density at radius 2 is 1.88 bits per heavy atom. The van der Waals surface area contributed by atoms with Crippen molar-refractivity contribution in [2.75, 3.05) is 13.1 Å². The summed E-state index contributed by atoms with van der Waals surface area (Å²) in [5, 5.41) is 6.17. The summed E-state index contributed by atoms with van der Waals surface area (Å²) < 4.78 is 26.4. The second-order valence-electron chi connectivity index (χ2n) is 6.23. The van der Waals surface area contributed by atoms with Crippen LogP contribution in [0.3, 0.4) is 0 Å². The Labute approximate surface area is 158 Å². The molecular weight excluding hydrogens is 368 g/mol. The van der Waals surface area contributed by atoms with Crippen molar-refractivity contribution >= 4 is 33.3 Å². The van der Waals surface area contributed by atoms with Gasteiger partial charge in [-0.2, -0.15) is 4.31 Å². The molecule has 0 unspecified atom stereocenters. The number of nitrogens with zero attached hydrogens (tertiary/aromatic N) is 1. The van der Waals surface area contributed by atoms with Crippen LogP contribution in [0.25, 0.3) is 6.08 Å². The molecule has 0 saturated carbocycles. The molecule has 1 aliphatic heterocycles. The standard InChI is InChI=1S/C19H22N2O3S2/c22-19(20-15-18-7-4-13-25-18)17-8-11-21(12-9-17)26(23,24)14-10-16-5-2-1-3-6-16/h1-7,10,13-14,17H,8-9,11-12,15H2,(H,20,22)/b14-10+. The monoisotopic (exact) mass is 390 g/mol. The van der Waals surface area contributed by atoms with E-state index in [4.69, 9.17) is 0 Å². The molecular formula is C19H22N2O3S2. The van der Waals surface area contributed by atoms with E-state index in [9.17, 15) is 13.2 Å². The van der Waals surface area contributed by atoms with Crippen molar-refractivity contribution in [3.63, 3.8) is 0 Å². The van der Waals surface area contributed by atoms with Crippen LogP contribution in [-0.2, 0) is 21.4 Å². The maximum absolute atomic E-state index is 12.5. The van der Waals surface area contributed by atoms with Crippen LogP contribution in [0.4, 0.5) is 0 Å². The fourth-order valence-electron chi connectivity index (χ4n) is 2.92. The highest BCUT2D eigenvalue weighted by molar-refractivity contribution is 7.92. The van der Waals surface area contributed by atoms with Gasteiger partial charge in [0.05, 0.1) is 6.54 Å². The van der Waals surface area contributed by atoms with Crippen molar-refractivity contribution in [3.05, 3.63) is 63.7 Å². The fraction of sp³-hybridized carbons (Fsp3) is 0.316. The van der Waals surface area contributed by atoms with Gasteiger partial charge in [-0.15, -0.1) is 11.3 Å². The number of piperidine rings is 1. The summed E-state index contributed by atoms with van der Waals surface area (Å²) in [6.07, 6.45) is 2.71. The van der Waals surface area contributed by atoms with Crippen molar-refractivity contribution < 1.29 is 13.2 Å². The lowest BCUT2D eigenvalue weighted by Crippen LogP contribution is -2.42. The molecule has 26 heavy (non-hydrogen) atoms. The van der Waals surface area contributed by atoms with E-state index in [0.29, 0.717) is 32.5 Å². The lowest BCUT2D eigenvalue weighted by molar-refractivity contribution is -0.126. The number of hydrogen-bond donors (Lipinski definition) is 1. The first kappa shape index (κ1) is 18.8. The van der Waals surface area contributed by atoms with Crippen LogP contribution in [0, 0.1) is 5.92 Å². The van der Waals surface area contributed by atoms with E-state index < -0.39 is 10.0 Å². The summed E-state index contributed by atoms with van der Waals surface area (Å²) in [4.78, 5) is 13.4. The Morgan fingerprint density at radius 3 is 2.54 bits per heavy atom. The average Bonchev–Trinajstić information content (AvgIpc) is 3.19. The highest BCUT2D eigenvalue weighted by Crippen LogP contribution is 2.21. The fourth-order valence-corrected chi connectivity index (χ4v) is 4.78. The van der Waals surface area contributed by atoms with Crippen molar-refractivity contribution in [2.24, 2.45) is 5.92 Å². The summed E-state index contributed by atoms with van der Waals surface area (Å²) >= 11 is 1.61. The Kier molecular flexibility index (Phi) is 6.24. The number of rotatable bonds is 6. The lowest BCUT2D eigenvalue weighted by Gasteiger charge is -2.29. The van der Waals surface area contributed by atoms with E-state index in [1.165, 1.54) is 9.71 Å². The Balaban J connectivity index is 1.50. The first-order chi connectivity index (χ1) is 12.5. The molecule has 0 bridgehead atoms. The molecule has 0 radical (unpaired) electrons. The van der Waals surface area contributed by atoms with Crippen LogP contribution in [-0.4, -0.2) is 31.7 Å². The molecule has 0 atom stereocenters. The topological polar surface area (TPSA) is 66.5 Å². The van der Waals surface area contributed by atoms with Crippen molar-refractivity contribution in [1.29, 1.82) is 0 Å². The van der Waals surface area contributed by atoms with Gasteiger partial charge >= 0.3 is 0 Å². The van der Waals surface area contributed by atoms with Crippen molar-refractivity contribution in [1.82, 2.24) is 9.62 Å². The zero-order valence-electron chi connectivity index (χ0n) is 14.4. The number of carbonyl (C=O) groups excluding carboxylic acids is 1. The minimum absolute atomic E-state index is 0.00951. The van der Waals surface area contributed by atoms with Crippen LogP contribution in [0.15, 0.2) is 53.3 Å². The van der Waals surface area contributed by atoms with Gasteiger partial charge in [0.1, 0.15) is 0 Å². The maximum atomic E-state index is 12.5. The third-order valence-corrected chi connectivity index (χ3v) is 6.87. The van der Waals surface area contributed by atoms with E-state index in [2.05, 4.69) is 5.32 Å². The minimum atomic E-state index is -3.46. The molecule has 2 aromatic rings. The zero-order chi connectivity index (χ0) is 18.4. The normalized spacial score (nSPS) is 16.8. The molecule has 2 heterocycles. The van der Waals surface area contributed by atoms with E-state index in [1.807, 2.05) is 47.8 Å². The molecule has 1 aliphatic rings. The summed E-state index contributed by atoms with van der Waals surface area (Å²) in [6.45, 7) is 1.28. The van der Waals surface area contributed by atoms with Gasteiger partial charge in [-0.05, 0) is 35.9 Å². The molecule has 5 nitrogen and oxygen atoms in total. The van der Waals surface area contributed by atoms with Crippen LogP contribution >= 0.6 is 11.3 Å². The predicted molar refractivity (Wildman–Crippen MR) is 105 cm³/mol. The molecule has 1 fully saturated rings. The van der Waals surface area contributed by atoms with Gasteiger partial charge in [-0.25, -0.2) is 8.42 Å². The van der Waals surface area contributed by atoms with Gasteiger partial charge in [0.15, 0.2) is 0 Å². The summed E-state index contributed by atoms with van der Waals surface area (Å²) in [6, 6.07) is 13.3. The number of sulfonamides is 1. The smallest absolute Gasteiger partial charge is 0.236 e.